The van der Waals surface area contributed by atoms with Gasteiger partial charge in [-0.2, -0.15) is 9.78 Å². The standard InChI is InChI=1S/C19H22N6O3/c1-13-6-4-5-7-16(13)12-24-15(3)19(14(2)21-24)20-18(26)9-11-23-10-8-17(22-23)25(27)28/h4-8,10H,9,11-12H2,1-3H3,(H,20,26). The fourth-order valence-electron chi connectivity index (χ4n) is 2.97. The number of nitrogens with one attached hydrogen (secondary N) is 1. The zero-order valence-corrected chi connectivity index (χ0v) is 16.0. The zero-order chi connectivity index (χ0) is 20.3. The van der Waals surface area contributed by atoms with Gasteiger partial charge in [0.25, 0.3) is 0 Å². The number of carbonyl (C=O) groups is 1. The Kier molecular flexibility index (Phi) is 5.53. The lowest BCUT2D eigenvalue weighted by atomic mass is 10.1. The summed E-state index contributed by atoms with van der Waals surface area (Å²) in [5.74, 6) is -0.427. The normalized spacial score (nSPS) is 10.8. The van der Waals surface area contributed by atoms with E-state index < -0.39 is 4.92 Å². The van der Waals surface area contributed by atoms with Crippen LogP contribution in [0.1, 0.15) is 28.9 Å². The van der Waals surface area contributed by atoms with Gasteiger partial charge in [-0.25, -0.2) is 0 Å². The molecule has 0 fully saturated rings. The predicted octanol–water partition coefficient (Wildman–Crippen LogP) is 2.99. The van der Waals surface area contributed by atoms with Crippen LogP contribution >= 0.6 is 0 Å². The molecule has 3 rings (SSSR count). The van der Waals surface area contributed by atoms with Crippen LogP contribution in [-0.2, 0) is 17.9 Å². The number of nitro groups is 1. The van der Waals surface area contributed by atoms with Crippen molar-refractivity contribution in [1.82, 2.24) is 19.6 Å². The maximum Gasteiger partial charge on any atom is 0.389 e. The lowest BCUT2D eigenvalue weighted by Gasteiger charge is -2.09. The van der Waals surface area contributed by atoms with Gasteiger partial charge in [0, 0.05) is 6.42 Å². The van der Waals surface area contributed by atoms with Gasteiger partial charge < -0.3 is 15.4 Å². The maximum atomic E-state index is 12.3. The molecule has 9 heteroatoms. The average Bonchev–Trinajstić information content (AvgIpc) is 3.23. The number of carbonyl (C=O) groups excluding carboxylic acids is 1. The number of aromatic nitrogens is 4. The summed E-state index contributed by atoms with van der Waals surface area (Å²) in [5.41, 5.74) is 4.68. The first kappa shape index (κ1) is 19.3. The van der Waals surface area contributed by atoms with Crippen LogP contribution in [0.3, 0.4) is 0 Å². The Hall–Kier alpha value is -3.49. The second-order valence-corrected chi connectivity index (χ2v) is 6.62. The van der Waals surface area contributed by atoms with E-state index in [-0.39, 0.29) is 24.7 Å². The molecule has 3 aromatic rings. The molecule has 9 nitrogen and oxygen atoms in total. The molecule has 0 aliphatic rings. The molecule has 1 N–H and O–H groups in total. The van der Waals surface area contributed by atoms with Gasteiger partial charge in [0.05, 0.1) is 47.5 Å². The Bertz CT molecular complexity index is 1020. The number of hydrogen-bond donors (Lipinski definition) is 1. The lowest BCUT2D eigenvalue weighted by Crippen LogP contribution is -2.16. The van der Waals surface area contributed by atoms with Crippen molar-refractivity contribution in [2.75, 3.05) is 5.32 Å². The summed E-state index contributed by atoms with van der Waals surface area (Å²) in [6, 6.07) is 9.43. The quantitative estimate of drug-likeness (QED) is 0.499. The van der Waals surface area contributed by atoms with E-state index in [1.807, 2.05) is 30.7 Å². The van der Waals surface area contributed by atoms with E-state index in [1.54, 1.807) is 0 Å². The summed E-state index contributed by atoms with van der Waals surface area (Å²) in [5, 5.41) is 21.9. The van der Waals surface area contributed by atoms with Crippen LogP contribution in [0.4, 0.5) is 11.5 Å². The minimum absolute atomic E-state index is 0.153. The molecule has 0 aliphatic carbocycles. The summed E-state index contributed by atoms with van der Waals surface area (Å²) in [6.45, 7) is 6.73. The van der Waals surface area contributed by atoms with Gasteiger partial charge in [-0.15, -0.1) is 0 Å². The van der Waals surface area contributed by atoms with Gasteiger partial charge in [-0.05, 0) is 36.8 Å². The van der Waals surface area contributed by atoms with E-state index in [4.69, 9.17) is 0 Å². The van der Waals surface area contributed by atoms with Crippen molar-refractivity contribution in [2.24, 2.45) is 0 Å². The molecule has 0 aliphatic heterocycles. The number of benzene rings is 1. The number of nitrogens with zero attached hydrogens (tertiary/aromatic N) is 5. The van der Waals surface area contributed by atoms with Crippen molar-refractivity contribution in [2.45, 2.75) is 40.3 Å². The van der Waals surface area contributed by atoms with Gasteiger partial charge >= 0.3 is 5.82 Å². The highest BCUT2D eigenvalue weighted by atomic mass is 16.6. The number of amides is 1. The number of rotatable bonds is 7. The monoisotopic (exact) mass is 382 g/mol. The molecule has 1 aromatic carbocycles. The Morgan fingerprint density at radius 2 is 1.93 bits per heavy atom. The third-order valence-electron chi connectivity index (χ3n) is 4.61. The largest absolute Gasteiger partial charge is 0.389 e. The number of aryl methyl sites for hydroxylation is 3. The summed E-state index contributed by atoms with van der Waals surface area (Å²) >= 11 is 0. The van der Waals surface area contributed by atoms with E-state index >= 15 is 0 Å². The van der Waals surface area contributed by atoms with Crippen molar-refractivity contribution in [3.8, 4) is 0 Å². The first-order chi connectivity index (χ1) is 13.3. The van der Waals surface area contributed by atoms with Crippen molar-refractivity contribution in [3.63, 3.8) is 0 Å². The Morgan fingerprint density at radius 1 is 1.18 bits per heavy atom. The third kappa shape index (κ3) is 4.25. The molecule has 0 spiro atoms. The highest BCUT2D eigenvalue weighted by molar-refractivity contribution is 5.91. The lowest BCUT2D eigenvalue weighted by molar-refractivity contribution is -0.389. The van der Waals surface area contributed by atoms with Crippen LogP contribution in [0.15, 0.2) is 36.5 Å². The van der Waals surface area contributed by atoms with E-state index in [0.717, 1.165) is 11.4 Å². The van der Waals surface area contributed by atoms with E-state index in [2.05, 4.69) is 34.6 Å². The fourth-order valence-corrected chi connectivity index (χ4v) is 2.97. The van der Waals surface area contributed by atoms with E-state index in [1.165, 1.54) is 28.1 Å². The van der Waals surface area contributed by atoms with Gasteiger partial charge in [-0.1, -0.05) is 24.3 Å². The molecule has 0 saturated heterocycles. The smallest absolute Gasteiger partial charge is 0.358 e. The van der Waals surface area contributed by atoms with Crippen molar-refractivity contribution in [1.29, 1.82) is 0 Å². The SMILES string of the molecule is Cc1ccccc1Cn1nc(C)c(NC(=O)CCn2ccc([N+](=O)[O-])n2)c1C. The average molecular weight is 382 g/mol. The molecule has 0 bridgehead atoms. The van der Waals surface area contributed by atoms with Crippen LogP contribution < -0.4 is 5.32 Å². The second-order valence-electron chi connectivity index (χ2n) is 6.62. The van der Waals surface area contributed by atoms with Gasteiger partial charge in [-0.3, -0.25) is 9.48 Å². The Balaban J connectivity index is 1.65. The number of hydrogen-bond acceptors (Lipinski definition) is 5. The maximum absolute atomic E-state index is 12.3. The molecule has 0 radical (unpaired) electrons. The molecule has 0 atom stereocenters. The molecular weight excluding hydrogens is 360 g/mol. The summed E-state index contributed by atoms with van der Waals surface area (Å²) in [7, 11) is 0. The molecule has 2 heterocycles. The molecule has 2 aromatic heterocycles. The molecule has 0 unspecified atom stereocenters. The van der Waals surface area contributed by atoms with Crippen molar-refractivity contribution in [3.05, 3.63) is 69.2 Å². The predicted molar refractivity (Wildman–Crippen MR) is 104 cm³/mol. The number of anilines is 1. The first-order valence-electron chi connectivity index (χ1n) is 8.91. The Labute approximate surface area is 162 Å². The molecule has 1 amide bonds. The van der Waals surface area contributed by atoms with Crippen molar-refractivity contribution >= 4 is 17.4 Å². The minimum Gasteiger partial charge on any atom is -0.358 e. The third-order valence-corrected chi connectivity index (χ3v) is 4.61. The topological polar surface area (TPSA) is 108 Å². The molecular formula is C19H22N6O3. The van der Waals surface area contributed by atoms with Crippen LogP contribution in [0.5, 0.6) is 0 Å². The summed E-state index contributed by atoms with van der Waals surface area (Å²) in [6.07, 6.45) is 1.64. The van der Waals surface area contributed by atoms with Gasteiger partial charge in [0.2, 0.25) is 5.91 Å². The molecule has 28 heavy (non-hydrogen) atoms. The highest BCUT2D eigenvalue weighted by Gasteiger charge is 2.16. The fraction of sp³-hybridized carbons (Fsp3) is 0.316. The van der Waals surface area contributed by atoms with Crippen LogP contribution in [0, 0.1) is 30.9 Å². The summed E-state index contributed by atoms with van der Waals surface area (Å²) in [4.78, 5) is 22.4. The Morgan fingerprint density at radius 3 is 2.61 bits per heavy atom. The van der Waals surface area contributed by atoms with Crippen LogP contribution in [-0.4, -0.2) is 30.4 Å². The summed E-state index contributed by atoms with van der Waals surface area (Å²) < 4.78 is 3.27. The molecule has 0 saturated carbocycles. The van der Waals surface area contributed by atoms with E-state index in [0.29, 0.717) is 12.2 Å². The van der Waals surface area contributed by atoms with Gasteiger partial charge in [0.15, 0.2) is 0 Å². The van der Waals surface area contributed by atoms with Gasteiger partial charge in [0.1, 0.15) is 0 Å². The van der Waals surface area contributed by atoms with Crippen molar-refractivity contribution < 1.29 is 9.72 Å². The minimum atomic E-state index is -0.563. The second kappa shape index (κ2) is 8.03. The highest BCUT2D eigenvalue weighted by Crippen LogP contribution is 2.21. The molecule has 146 valence electrons. The first-order valence-corrected chi connectivity index (χ1v) is 8.91. The zero-order valence-electron chi connectivity index (χ0n) is 16.0. The van der Waals surface area contributed by atoms with Crippen LogP contribution in [0.25, 0.3) is 0 Å². The van der Waals surface area contributed by atoms with E-state index in [9.17, 15) is 14.9 Å². The van der Waals surface area contributed by atoms with Crippen LogP contribution in [0.2, 0.25) is 0 Å².